The first-order chi connectivity index (χ1) is 22.7. The Balaban J connectivity index is 1.52. The van der Waals surface area contributed by atoms with Crippen LogP contribution in [0.1, 0.15) is 26.3 Å². The van der Waals surface area contributed by atoms with E-state index in [9.17, 15) is 13.2 Å². The van der Waals surface area contributed by atoms with Crippen LogP contribution >= 0.6 is 0 Å². The van der Waals surface area contributed by atoms with Crippen molar-refractivity contribution in [3.05, 3.63) is 156 Å². The first kappa shape index (κ1) is 29.0. The van der Waals surface area contributed by atoms with Crippen molar-refractivity contribution in [3.63, 3.8) is 0 Å². The molecule has 0 unspecified atom stereocenters. The average Bonchev–Trinajstić information content (AvgIpc) is 3.08. The van der Waals surface area contributed by atoms with Crippen LogP contribution in [0, 0.1) is 17.5 Å². The molecule has 0 nitrogen and oxygen atoms in total. The summed E-state index contributed by atoms with van der Waals surface area (Å²) in [6, 6.07) is 44.4. The first-order valence-corrected chi connectivity index (χ1v) is 15.8. The van der Waals surface area contributed by atoms with Crippen molar-refractivity contribution in [2.45, 2.75) is 26.2 Å². The van der Waals surface area contributed by atoms with Gasteiger partial charge in [-0.3, -0.25) is 0 Å². The topological polar surface area (TPSA) is 0 Å². The Labute approximate surface area is 271 Å². The highest BCUT2D eigenvalue weighted by molar-refractivity contribution is 6.26. The molecule has 0 fully saturated rings. The fraction of sp³-hybridized carbons (Fsp3) is 0.0909. The Bertz CT molecular complexity index is 2490. The molecule has 0 aromatic heterocycles. The fourth-order valence-corrected chi connectivity index (χ4v) is 7.08. The highest BCUT2D eigenvalue weighted by Gasteiger charge is 2.21. The van der Waals surface area contributed by atoms with Crippen molar-refractivity contribution < 1.29 is 13.2 Å². The predicted molar refractivity (Wildman–Crippen MR) is 191 cm³/mol. The van der Waals surface area contributed by atoms with E-state index in [2.05, 4.69) is 124 Å². The molecular weight excluding hydrogens is 585 g/mol. The van der Waals surface area contributed by atoms with Crippen LogP contribution < -0.4 is 0 Å². The van der Waals surface area contributed by atoms with Gasteiger partial charge in [0.05, 0.1) is 0 Å². The van der Waals surface area contributed by atoms with E-state index in [1.807, 2.05) is 18.2 Å². The van der Waals surface area contributed by atoms with Gasteiger partial charge in [0, 0.05) is 0 Å². The van der Waals surface area contributed by atoms with E-state index in [0.717, 1.165) is 66.7 Å². The van der Waals surface area contributed by atoms with Gasteiger partial charge in [0.15, 0.2) is 17.5 Å². The molecule has 0 atom stereocenters. The van der Waals surface area contributed by atoms with E-state index in [1.54, 1.807) is 0 Å². The Hall–Kier alpha value is -5.41. The second-order valence-electron chi connectivity index (χ2n) is 13.3. The zero-order chi connectivity index (χ0) is 32.4. The summed E-state index contributed by atoms with van der Waals surface area (Å²) < 4.78 is 42.9. The largest absolute Gasteiger partial charge is 0.204 e. The molecule has 0 saturated carbocycles. The van der Waals surface area contributed by atoms with Crippen LogP contribution in [0.4, 0.5) is 13.2 Å². The van der Waals surface area contributed by atoms with E-state index in [1.165, 1.54) is 16.3 Å². The molecule has 0 aliphatic heterocycles. The molecule has 0 N–H and O–H groups in total. The lowest BCUT2D eigenvalue weighted by molar-refractivity contribution is 0.448. The molecule has 0 radical (unpaired) electrons. The summed E-state index contributed by atoms with van der Waals surface area (Å²) in [5, 5.41) is 8.81. The molecule has 47 heavy (non-hydrogen) atoms. The van der Waals surface area contributed by atoms with Crippen LogP contribution in [0.2, 0.25) is 0 Å². The molecule has 0 amide bonds. The molecule has 3 heteroatoms. The number of halogens is 3. The second-order valence-corrected chi connectivity index (χ2v) is 13.3. The van der Waals surface area contributed by atoms with E-state index >= 15 is 0 Å². The maximum atomic E-state index is 14.5. The van der Waals surface area contributed by atoms with Crippen LogP contribution in [-0.4, -0.2) is 0 Å². The third-order valence-electron chi connectivity index (χ3n) is 9.42. The van der Waals surface area contributed by atoms with Gasteiger partial charge in [0.2, 0.25) is 0 Å². The van der Waals surface area contributed by atoms with Crippen molar-refractivity contribution in [3.8, 4) is 33.4 Å². The van der Waals surface area contributed by atoms with Gasteiger partial charge in [-0.25, -0.2) is 13.2 Å². The van der Waals surface area contributed by atoms with E-state index < -0.39 is 17.5 Å². The number of hydrogen-bond acceptors (Lipinski definition) is 0. The molecule has 8 aromatic carbocycles. The number of hydrogen-bond donors (Lipinski definition) is 0. The second kappa shape index (κ2) is 10.8. The Morgan fingerprint density at radius 1 is 0.404 bits per heavy atom. The third-order valence-corrected chi connectivity index (χ3v) is 9.42. The third kappa shape index (κ3) is 4.77. The lowest BCUT2D eigenvalue weighted by Crippen LogP contribution is -2.10. The van der Waals surface area contributed by atoms with Gasteiger partial charge in [-0.1, -0.05) is 130 Å². The number of fused-ring (bicyclic) bond motifs is 5. The van der Waals surface area contributed by atoms with E-state index in [0.29, 0.717) is 5.56 Å². The molecular formula is C44H31F3. The zero-order valence-corrected chi connectivity index (χ0v) is 26.3. The van der Waals surface area contributed by atoms with E-state index in [4.69, 9.17) is 0 Å². The maximum absolute atomic E-state index is 14.5. The van der Waals surface area contributed by atoms with Crippen LogP contribution in [0.5, 0.6) is 0 Å². The smallest absolute Gasteiger partial charge is 0.194 e. The molecule has 8 aromatic rings. The molecule has 8 rings (SSSR count). The lowest BCUT2D eigenvalue weighted by atomic mass is 9.82. The summed E-state index contributed by atoms with van der Waals surface area (Å²) >= 11 is 0. The maximum Gasteiger partial charge on any atom is 0.194 e. The summed E-state index contributed by atoms with van der Waals surface area (Å²) in [5.74, 6) is -3.88. The minimum atomic E-state index is -1.47. The van der Waals surface area contributed by atoms with Crippen molar-refractivity contribution in [2.24, 2.45) is 0 Å². The van der Waals surface area contributed by atoms with Crippen LogP contribution in [0.15, 0.2) is 133 Å². The monoisotopic (exact) mass is 616 g/mol. The summed E-state index contributed by atoms with van der Waals surface area (Å²) in [6.07, 6.45) is 0. The van der Waals surface area contributed by atoms with Crippen LogP contribution in [-0.2, 0) is 5.41 Å². The van der Waals surface area contributed by atoms with Gasteiger partial charge >= 0.3 is 0 Å². The van der Waals surface area contributed by atoms with Crippen molar-refractivity contribution >= 4 is 43.1 Å². The van der Waals surface area contributed by atoms with Gasteiger partial charge in [-0.15, -0.1) is 0 Å². The predicted octanol–water partition coefficient (Wildman–Crippen LogP) is 13.0. The Kier molecular flexibility index (Phi) is 6.70. The normalized spacial score (nSPS) is 12.0. The molecule has 0 saturated heterocycles. The van der Waals surface area contributed by atoms with Gasteiger partial charge in [0.1, 0.15) is 0 Å². The average molecular weight is 617 g/mol. The van der Waals surface area contributed by atoms with Crippen LogP contribution in [0.3, 0.4) is 0 Å². The molecule has 0 heterocycles. The summed E-state index contributed by atoms with van der Waals surface area (Å²) in [6.45, 7) is 6.59. The van der Waals surface area contributed by atoms with Crippen molar-refractivity contribution in [2.75, 3.05) is 0 Å². The summed E-state index contributed by atoms with van der Waals surface area (Å²) in [5.41, 5.74) is 6.39. The number of rotatable bonds is 3. The Morgan fingerprint density at radius 2 is 0.936 bits per heavy atom. The fourth-order valence-electron chi connectivity index (χ4n) is 7.08. The summed E-state index contributed by atoms with van der Waals surface area (Å²) in [4.78, 5) is 0. The standard InChI is InChI=1S/C44H31F3/c1-44(2,3)30-19-16-26(17-20-30)41-34-14-8-9-15-35(34)42(37-23-28-10-4-5-11-31(28)32-12-6-7-13-33(32)37)36-21-18-27(22-38(36)41)29-24-39(45)43(47)40(46)25-29/h4-25H,1-3H3. The molecule has 0 aliphatic carbocycles. The van der Waals surface area contributed by atoms with Crippen molar-refractivity contribution in [1.29, 1.82) is 0 Å². The Morgan fingerprint density at radius 3 is 1.60 bits per heavy atom. The molecule has 0 spiro atoms. The highest BCUT2D eigenvalue weighted by Crippen LogP contribution is 2.47. The number of benzene rings is 8. The SMILES string of the molecule is CC(C)(C)c1ccc(-c2c3ccccc3c(-c3cc4ccccc4c4ccccc34)c3ccc(-c4cc(F)c(F)c(F)c4)cc23)cc1. The lowest BCUT2D eigenvalue weighted by Gasteiger charge is -2.22. The minimum Gasteiger partial charge on any atom is -0.204 e. The molecule has 228 valence electrons. The summed E-state index contributed by atoms with van der Waals surface area (Å²) in [7, 11) is 0. The zero-order valence-electron chi connectivity index (χ0n) is 26.3. The van der Waals surface area contributed by atoms with E-state index in [-0.39, 0.29) is 11.0 Å². The van der Waals surface area contributed by atoms with Gasteiger partial charge in [0.25, 0.3) is 0 Å². The quantitative estimate of drug-likeness (QED) is 0.105. The van der Waals surface area contributed by atoms with Crippen molar-refractivity contribution in [1.82, 2.24) is 0 Å². The molecule has 0 bridgehead atoms. The van der Waals surface area contributed by atoms with Gasteiger partial charge in [-0.05, 0) is 112 Å². The first-order valence-electron chi connectivity index (χ1n) is 15.8. The van der Waals surface area contributed by atoms with Gasteiger partial charge < -0.3 is 0 Å². The van der Waals surface area contributed by atoms with Crippen LogP contribution in [0.25, 0.3) is 76.5 Å². The molecule has 0 aliphatic rings. The minimum absolute atomic E-state index is 0.00639. The highest BCUT2D eigenvalue weighted by atomic mass is 19.2. The van der Waals surface area contributed by atoms with Gasteiger partial charge in [-0.2, -0.15) is 0 Å².